The Morgan fingerprint density at radius 2 is 1.96 bits per heavy atom. The van der Waals surface area contributed by atoms with Gasteiger partial charge in [0.15, 0.2) is 0 Å². The summed E-state index contributed by atoms with van der Waals surface area (Å²) in [6.07, 6.45) is 1.86. The van der Waals surface area contributed by atoms with Gasteiger partial charge in [-0.3, -0.25) is 9.59 Å². The standard InChI is InChI=1S/C22H23NO4/c1-3-27-22(25)19-18(14-9-11-16(26-2)12-10-14)17-8-4-6-15-7-5-13-23(20(15)17)21(19)24/h4,6,8-12,18-19H,3,5,7,13H2,1-2H3. The first kappa shape index (κ1) is 17.6. The second kappa shape index (κ2) is 7.06. The van der Waals surface area contributed by atoms with Crippen molar-refractivity contribution in [3.8, 4) is 5.75 Å². The number of ether oxygens (including phenoxy) is 2. The minimum Gasteiger partial charge on any atom is -0.497 e. The van der Waals surface area contributed by atoms with Gasteiger partial charge in [-0.05, 0) is 48.6 Å². The number of hydrogen-bond acceptors (Lipinski definition) is 4. The van der Waals surface area contributed by atoms with E-state index in [1.165, 1.54) is 5.56 Å². The van der Waals surface area contributed by atoms with Gasteiger partial charge in [-0.15, -0.1) is 0 Å². The first-order valence-corrected chi connectivity index (χ1v) is 9.39. The van der Waals surface area contributed by atoms with Crippen LogP contribution < -0.4 is 9.64 Å². The fourth-order valence-electron chi connectivity index (χ4n) is 4.30. The molecule has 2 aliphatic heterocycles. The zero-order valence-electron chi connectivity index (χ0n) is 15.6. The van der Waals surface area contributed by atoms with Crippen LogP contribution in [-0.4, -0.2) is 32.1 Å². The molecule has 0 aromatic heterocycles. The Kier molecular flexibility index (Phi) is 4.60. The number of esters is 1. The molecule has 2 unspecified atom stereocenters. The van der Waals surface area contributed by atoms with Crippen LogP contribution in [0.1, 0.15) is 36.0 Å². The topological polar surface area (TPSA) is 55.8 Å². The third kappa shape index (κ3) is 2.87. The number of anilines is 1. The third-order valence-corrected chi connectivity index (χ3v) is 5.46. The minimum absolute atomic E-state index is 0.158. The number of rotatable bonds is 4. The van der Waals surface area contributed by atoms with E-state index in [9.17, 15) is 9.59 Å². The van der Waals surface area contributed by atoms with Crippen LogP contribution in [0.5, 0.6) is 5.75 Å². The van der Waals surface area contributed by atoms with Gasteiger partial charge >= 0.3 is 5.97 Å². The molecule has 5 heteroatoms. The van der Waals surface area contributed by atoms with Gasteiger partial charge in [-0.2, -0.15) is 0 Å². The molecule has 2 aromatic carbocycles. The number of benzene rings is 2. The Labute approximate surface area is 158 Å². The Morgan fingerprint density at radius 3 is 2.67 bits per heavy atom. The summed E-state index contributed by atoms with van der Waals surface area (Å²) < 4.78 is 10.5. The van der Waals surface area contributed by atoms with Crippen molar-refractivity contribution in [3.05, 3.63) is 59.2 Å². The summed E-state index contributed by atoms with van der Waals surface area (Å²) in [7, 11) is 1.62. The first-order valence-electron chi connectivity index (χ1n) is 9.39. The highest BCUT2D eigenvalue weighted by atomic mass is 16.5. The first-order chi connectivity index (χ1) is 13.2. The molecule has 5 nitrogen and oxygen atoms in total. The van der Waals surface area contributed by atoms with Crippen molar-refractivity contribution in [2.75, 3.05) is 25.2 Å². The van der Waals surface area contributed by atoms with Crippen molar-refractivity contribution >= 4 is 17.6 Å². The number of amides is 1. The molecule has 0 fully saturated rings. The van der Waals surface area contributed by atoms with E-state index in [0.29, 0.717) is 6.54 Å². The van der Waals surface area contributed by atoms with Crippen LogP contribution >= 0.6 is 0 Å². The Balaban J connectivity index is 1.89. The molecule has 1 amide bonds. The summed E-state index contributed by atoms with van der Waals surface area (Å²) in [6, 6.07) is 13.7. The van der Waals surface area contributed by atoms with Gasteiger partial charge < -0.3 is 14.4 Å². The molecule has 2 aromatic rings. The summed E-state index contributed by atoms with van der Waals surface area (Å²) in [5.41, 5.74) is 4.10. The van der Waals surface area contributed by atoms with E-state index in [0.717, 1.165) is 35.4 Å². The van der Waals surface area contributed by atoms with E-state index >= 15 is 0 Å². The lowest BCUT2D eigenvalue weighted by atomic mass is 9.74. The monoisotopic (exact) mass is 365 g/mol. The van der Waals surface area contributed by atoms with Crippen molar-refractivity contribution in [3.63, 3.8) is 0 Å². The van der Waals surface area contributed by atoms with Crippen LogP contribution in [0.15, 0.2) is 42.5 Å². The molecule has 0 bridgehead atoms. The maximum atomic E-state index is 13.3. The second-order valence-corrected chi connectivity index (χ2v) is 6.93. The van der Waals surface area contributed by atoms with Crippen molar-refractivity contribution in [1.29, 1.82) is 0 Å². The highest BCUT2D eigenvalue weighted by Gasteiger charge is 2.47. The number of methoxy groups -OCH3 is 1. The van der Waals surface area contributed by atoms with Crippen LogP contribution in [0, 0.1) is 5.92 Å². The van der Waals surface area contributed by atoms with E-state index in [2.05, 4.69) is 6.07 Å². The number of hydrogen-bond donors (Lipinski definition) is 0. The van der Waals surface area contributed by atoms with E-state index in [1.54, 1.807) is 18.9 Å². The normalized spacial score (nSPS) is 20.8. The van der Waals surface area contributed by atoms with E-state index in [-0.39, 0.29) is 18.4 Å². The maximum absolute atomic E-state index is 13.3. The van der Waals surface area contributed by atoms with Crippen molar-refractivity contribution in [2.45, 2.75) is 25.7 Å². The number of para-hydroxylation sites is 1. The van der Waals surface area contributed by atoms with Crippen molar-refractivity contribution in [1.82, 2.24) is 0 Å². The largest absolute Gasteiger partial charge is 0.497 e. The molecule has 2 atom stereocenters. The molecule has 0 saturated heterocycles. The Morgan fingerprint density at radius 1 is 1.19 bits per heavy atom. The summed E-state index contributed by atoms with van der Waals surface area (Å²) in [5.74, 6) is -1.09. The number of carbonyl (C=O) groups is 2. The lowest BCUT2D eigenvalue weighted by Crippen LogP contribution is -2.49. The Bertz CT molecular complexity index is 874. The van der Waals surface area contributed by atoms with Gasteiger partial charge in [0, 0.05) is 12.5 Å². The van der Waals surface area contributed by atoms with Crippen LogP contribution in [-0.2, 0) is 20.7 Å². The van der Waals surface area contributed by atoms with Gasteiger partial charge in [0.25, 0.3) is 0 Å². The predicted molar refractivity (Wildman–Crippen MR) is 102 cm³/mol. The number of nitrogens with zero attached hydrogens (tertiary/aromatic N) is 1. The summed E-state index contributed by atoms with van der Waals surface area (Å²) in [6.45, 7) is 2.67. The van der Waals surface area contributed by atoms with E-state index < -0.39 is 11.9 Å². The predicted octanol–water partition coefficient (Wildman–Crippen LogP) is 3.30. The molecule has 0 N–H and O–H groups in total. The fourth-order valence-corrected chi connectivity index (χ4v) is 4.30. The van der Waals surface area contributed by atoms with Crippen molar-refractivity contribution < 1.29 is 19.1 Å². The molecule has 4 rings (SSSR count). The highest BCUT2D eigenvalue weighted by Crippen LogP contribution is 2.47. The zero-order valence-corrected chi connectivity index (χ0v) is 15.6. The van der Waals surface area contributed by atoms with Gasteiger partial charge in [-0.1, -0.05) is 30.3 Å². The van der Waals surface area contributed by atoms with Crippen LogP contribution in [0.4, 0.5) is 5.69 Å². The average Bonchev–Trinajstić information content (AvgIpc) is 2.70. The molecular weight excluding hydrogens is 342 g/mol. The highest BCUT2D eigenvalue weighted by molar-refractivity contribution is 6.10. The SMILES string of the molecule is CCOC(=O)C1C(=O)N2CCCc3cccc(c32)C1c1ccc(OC)cc1. The fraction of sp³-hybridized carbons (Fsp3) is 0.364. The lowest BCUT2D eigenvalue weighted by Gasteiger charge is -2.42. The lowest BCUT2D eigenvalue weighted by molar-refractivity contribution is -0.152. The molecule has 0 aliphatic carbocycles. The van der Waals surface area contributed by atoms with Gasteiger partial charge in [0.05, 0.1) is 19.4 Å². The molecule has 0 saturated carbocycles. The average molecular weight is 365 g/mol. The zero-order chi connectivity index (χ0) is 19.0. The smallest absolute Gasteiger partial charge is 0.319 e. The summed E-state index contributed by atoms with van der Waals surface area (Å²) in [4.78, 5) is 27.9. The van der Waals surface area contributed by atoms with Crippen LogP contribution in [0.25, 0.3) is 0 Å². The Hall–Kier alpha value is -2.82. The minimum atomic E-state index is -0.862. The molecule has 27 heavy (non-hydrogen) atoms. The van der Waals surface area contributed by atoms with E-state index in [1.807, 2.05) is 36.4 Å². The summed E-state index contributed by atoms with van der Waals surface area (Å²) in [5, 5.41) is 0. The third-order valence-electron chi connectivity index (χ3n) is 5.46. The molecule has 2 aliphatic rings. The number of aryl methyl sites for hydroxylation is 1. The van der Waals surface area contributed by atoms with Gasteiger partial charge in [0.2, 0.25) is 5.91 Å². The van der Waals surface area contributed by atoms with Crippen LogP contribution in [0.2, 0.25) is 0 Å². The summed E-state index contributed by atoms with van der Waals surface area (Å²) >= 11 is 0. The van der Waals surface area contributed by atoms with Gasteiger partial charge in [0.1, 0.15) is 11.7 Å². The quantitative estimate of drug-likeness (QED) is 0.616. The van der Waals surface area contributed by atoms with E-state index in [4.69, 9.17) is 9.47 Å². The molecule has 2 heterocycles. The maximum Gasteiger partial charge on any atom is 0.319 e. The second-order valence-electron chi connectivity index (χ2n) is 6.93. The molecule has 0 radical (unpaired) electrons. The molecule has 0 spiro atoms. The van der Waals surface area contributed by atoms with Crippen LogP contribution in [0.3, 0.4) is 0 Å². The number of carbonyl (C=O) groups excluding carboxylic acids is 2. The molecule has 140 valence electrons. The molecular formula is C22H23NO4. The van der Waals surface area contributed by atoms with Crippen molar-refractivity contribution in [2.24, 2.45) is 5.92 Å². The van der Waals surface area contributed by atoms with Gasteiger partial charge in [-0.25, -0.2) is 0 Å².